The molecule has 0 bridgehead atoms. The first-order chi connectivity index (χ1) is 23.2. The molecule has 10 nitrogen and oxygen atoms in total. The van der Waals surface area contributed by atoms with Crippen LogP contribution in [0.3, 0.4) is 0 Å². The van der Waals surface area contributed by atoms with Gasteiger partial charge in [0.05, 0.1) is 11.6 Å². The maximum absolute atomic E-state index is 13.5. The zero-order chi connectivity index (χ0) is 35.4. The summed E-state index contributed by atoms with van der Waals surface area (Å²) in [5.41, 5.74) is -0.202. The number of fused-ring (bicyclic) bond motifs is 1. The Morgan fingerprint density at radius 3 is 2.53 bits per heavy atom. The van der Waals surface area contributed by atoms with E-state index in [0.29, 0.717) is 36.8 Å². The molecule has 2 atom stereocenters. The number of likely N-dealkylation sites (tertiary alicyclic amines) is 1. The average molecular weight is 709 g/mol. The highest BCUT2D eigenvalue weighted by Gasteiger charge is 2.55. The third kappa shape index (κ3) is 8.35. The Morgan fingerprint density at radius 2 is 1.82 bits per heavy atom. The summed E-state index contributed by atoms with van der Waals surface area (Å²) in [7, 11) is 0. The second-order valence-corrected chi connectivity index (χ2v) is 12.9. The molecule has 5 rings (SSSR count). The summed E-state index contributed by atoms with van der Waals surface area (Å²) in [5, 5.41) is 32.5. The normalized spacial score (nSPS) is 19.3. The quantitative estimate of drug-likeness (QED) is 0.184. The van der Waals surface area contributed by atoms with Gasteiger partial charge in [-0.2, -0.15) is 13.2 Å². The number of ether oxygens (including phenoxy) is 4. The van der Waals surface area contributed by atoms with Gasteiger partial charge in [-0.15, -0.1) is 0 Å². The minimum atomic E-state index is -4.75. The molecular formula is C35H40ClF3N2O8. The molecule has 1 fully saturated rings. The highest BCUT2D eigenvalue weighted by molar-refractivity contribution is 6.32. The van der Waals surface area contributed by atoms with E-state index >= 15 is 0 Å². The van der Waals surface area contributed by atoms with Crippen molar-refractivity contribution in [2.24, 2.45) is 0 Å². The molecule has 0 amide bonds. The van der Waals surface area contributed by atoms with Gasteiger partial charge in [0.25, 0.3) is 0 Å². The fourth-order valence-corrected chi connectivity index (χ4v) is 6.04. The zero-order valence-electron chi connectivity index (χ0n) is 27.2. The third-order valence-corrected chi connectivity index (χ3v) is 9.29. The number of benzene rings is 3. The van der Waals surface area contributed by atoms with Crippen LogP contribution in [0.5, 0.6) is 23.0 Å². The van der Waals surface area contributed by atoms with Crippen molar-refractivity contribution in [3.8, 4) is 34.1 Å². The fraction of sp³-hybridized carbons (Fsp3) is 0.457. The molecule has 3 aromatic rings. The largest absolute Gasteiger partial charge is 0.492 e. The van der Waals surface area contributed by atoms with Gasteiger partial charge in [0, 0.05) is 31.3 Å². The summed E-state index contributed by atoms with van der Waals surface area (Å²) in [6, 6.07) is 14.7. The summed E-state index contributed by atoms with van der Waals surface area (Å²) in [5.74, 6) is 0.651. The lowest BCUT2D eigenvalue weighted by atomic mass is 9.92. The van der Waals surface area contributed by atoms with Gasteiger partial charge in [0.2, 0.25) is 0 Å². The van der Waals surface area contributed by atoms with Gasteiger partial charge in [0.15, 0.2) is 17.1 Å². The lowest BCUT2D eigenvalue weighted by Gasteiger charge is -2.40. The van der Waals surface area contributed by atoms with Gasteiger partial charge >= 0.3 is 12.1 Å². The summed E-state index contributed by atoms with van der Waals surface area (Å²) >= 11 is 6.64. The first-order valence-electron chi connectivity index (χ1n) is 15.9. The molecule has 4 N–H and O–H groups in total. The molecule has 0 radical (unpaired) electrons. The molecular weight excluding hydrogens is 669 g/mol. The van der Waals surface area contributed by atoms with Crippen molar-refractivity contribution in [1.29, 1.82) is 0 Å². The molecule has 0 saturated carbocycles. The van der Waals surface area contributed by atoms with E-state index in [1.54, 1.807) is 12.1 Å². The number of nitrogens with zero attached hydrogens (tertiary/aromatic N) is 1. The summed E-state index contributed by atoms with van der Waals surface area (Å²) in [6.07, 6.45) is -4.94. The minimum absolute atomic E-state index is 0.0328. The molecule has 0 aromatic heterocycles. The molecule has 49 heavy (non-hydrogen) atoms. The average Bonchev–Trinajstić information content (AvgIpc) is 3.07. The SMILES string of the molecule is Cc1c(COc2cc(OCCN3CCCC(O)(C(F)(F)F)C3)c(CN[C@](C)(CO)C(=O)O)cc2Cl)cccc1-c1ccc2c(c1)OCCO2. The van der Waals surface area contributed by atoms with Crippen LogP contribution >= 0.6 is 11.6 Å². The van der Waals surface area contributed by atoms with E-state index in [4.69, 9.17) is 30.5 Å². The van der Waals surface area contributed by atoms with Crippen molar-refractivity contribution in [2.45, 2.75) is 57.2 Å². The molecule has 0 spiro atoms. The van der Waals surface area contributed by atoms with E-state index in [2.05, 4.69) is 5.32 Å². The summed E-state index contributed by atoms with van der Waals surface area (Å²) < 4.78 is 64.0. The fourth-order valence-electron chi connectivity index (χ4n) is 5.80. The number of aliphatic hydroxyl groups is 2. The molecule has 14 heteroatoms. The predicted octanol–water partition coefficient (Wildman–Crippen LogP) is 5.36. The molecule has 1 unspecified atom stereocenters. The van der Waals surface area contributed by atoms with Crippen LogP contribution in [-0.2, 0) is 17.9 Å². The topological polar surface area (TPSA) is 130 Å². The summed E-state index contributed by atoms with van der Waals surface area (Å²) in [4.78, 5) is 13.3. The molecule has 3 aromatic carbocycles. The Hall–Kier alpha value is -3.75. The first-order valence-corrected chi connectivity index (χ1v) is 16.3. The van der Waals surface area contributed by atoms with Crippen LogP contribution in [0.2, 0.25) is 5.02 Å². The number of aliphatic carboxylic acids is 1. The first kappa shape index (κ1) is 36.5. The Kier molecular flexibility index (Phi) is 11.2. The monoisotopic (exact) mass is 708 g/mol. The van der Waals surface area contributed by atoms with Gasteiger partial charge in [0.1, 0.15) is 43.5 Å². The molecule has 2 aliphatic heterocycles. The number of β-amino-alcohol motifs (C(OH)–C–C–N with tert-alkyl or cyclic N) is 1. The number of halogens is 4. The van der Waals surface area contributed by atoms with Crippen LogP contribution in [0.15, 0.2) is 48.5 Å². The number of carbonyl (C=O) groups is 1. The number of carboxylic acids is 1. The number of hydrogen-bond donors (Lipinski definition) is 4. The number of hydrogen-bond acceptors (Lipinski definition) is 9. The van der Waals surface area contributed by atoms with Crippen molar-refractivity contribution < 1.29 is 52.2 Å². The van der Waals surface area contributed by atoms with Gasteiger partial charge < -0.3 is 34.3 Å². The molecule has 2 heterocycles. The number of alkyl halides is 3. The van der Waals surface area contributed by atoms with Crippen molar-refractivity contribution in [3.63, 3.8) is 0 Å². The number of aliphatic hydroxyl groups excluding tert-OH is 1. The van der Waals surface area contributed by atoms with Crippen molar-refractivity contribution in [1.82, 2.24) is 10.2 Å². The van der Waals surface area contributed by atoms with Gasteiger partial charge in [-0.25, -0.2) is 0 Å². The standard InChI is InChI=1S/C35H40ClF3N2O8/c1-22-24(5-3-6-26(22)23-7-8-28-31(16-23)48-14-13-47-28)19-49-30-17-29(25(15-27(30)36)18-40-33(2,21-42)32(43)44)46-12-11-41-10-4-9-34(45,20-41)35(37,38)39/h3,5-8,15-17,40,42,45H,4,9-14,18-21H2,1-2H3,(H,43,44)/t33-,34?/m1/s1. The van der Waals surface area contributed by atoms with Crippen LogP contribution in [0.4, 0.5) is 13.2 Å². The predicted molar refractivity (Wildman–Crippen MR) is 176 cm³/mol. The lowest BCUT2D eigenvalue weighted by Crippen LogP contribution is -2.57. The van der Waals surface area contributed by atoms with Crippen LogP contribution < -0.4 is 24.3 Å². The second kappa shape index (κ2) is 15.0. The number of carboxylic acid groups (broad SMARTS) is 1. The van der Waals surface area contributed by atoms with E-state index in [1.807, 2.05) is 43.3 Å². The van der Waals surface area contributed by atoms with E-state index < -0.39 is 36.4 Å². The Morgan fingerprint density at radius 1 is 1.06 bits per heavy atom. The van der Waals surface area contributed by atoms with Crippen LogP contribution in [-0.4, -0.2) is 89.6 Å². The van der Waals surface area contributed by atoms with Crippen LogP contribution in [0.1, 0.15) is 36.5 Å². The van der Waals surface area contributed by atoms with Gasteiger partial charge in [-0.3, -0.25) is 15.0 Å². The Labute approximate surface area is 287 Å². The molecule has 0 aliphatic carbocycles. The van der Waals surface area contributed by atoms with E-state index in [-0.39, 0.29) is 55.7 Å². The highest BCUT2D eigenvalue weighted by Crippen LogP contribution is 2.39. The van der Waals surface area contributed by atoms with Crippen molar-refractivity contribution >= 4 is 17.6 Å². The maximum Gasteiger partial charge on any atom is 0.418 e. The second-order valence-electron chi connectivity index (χ2n) is 12.5. The van der Waals surface area contributed by atoms with E-state index in [1.165, 1.54) is 11.8 Å². The van der Waals surface area contributed by atoms with E-state index in [0.717, 1.165) is 22.3 Å². The van der Waals surface area contributed by atoms with Gasteiger partial charge in [-0.1, -0.05) is 35.9 Å². The lowest BCUT2D eigenvalue weighted by molar-refractivity contribution is -0.274. The smallest absolute Gasteiger partial charge is 0.418 e. The Balaban J connectivity index is 1.34. The molecule has 2 aliphatic rings. The number of nitrogens with one attached hydrogen (secondary N) is 1. The zero-order valence-corrected chi connectivity index (χ0v) is 28.0. The van der Waals surface area contributed by atoms with Crippen molar-refractivity contribution in [2.75, 3.05) is 46.1 Å². The Bertz CT molecular complexity index is 1660. The van der Waals surface area contributed by atoms with E-state index in [9.17, 15) is 33.3 Å². The van der Waals surface area contributed by atoms with Gasteiger partial charge in [-0.05, 0) is 73.7 Å². The highest BCUT2D eigenvalue weighted by atomic mass is 35.5. The minimum Gasteiger partial charge on any atom is -0.492 e. The third-order valence-electron chi connectivity index (χ3n) is 9.00. The maximum atomic E-state index is 13.5. The van der Waals surface area contributed by atoms with Crippen LogP contribution in [0.25, 0.3) is 11.1 Å². The van der Waals surface area contributed by atoms with Crippen LogP contribution in [0, 0.1) is 6.92 Å². The summed E-state index contributed by atoms with van der Waals surface area (Å²) in [6.45, 7) is 3.55. The van der Waals surface area contributed by atoms with Crippen molar-refractivity contribution in [3.05, 3.63) is 70.2 Å². The number of rotatable bonds is 13. The molecule has 1 saturated heterocycles. The molecule has 266 valence electrons. The number of piperidine rings is 1.